The van der Waals surface area contributed by atoms with E-state index in [9.17, 15) is 17.6 Å². The molecule has 0 spiro atoms. The Morgan fingerprint density at radius 1 is 1.03 bits per heavy atom. The topological polar surface area (TPSA) is 66.5 Å². The maximum Gasteiger partial charge on any atom is 0.264 e. The van der Waals surface area contributed by atoms with Gasteiger partial charge in [-0.2, -0.15) is 0 Å². The molecule has 0 aliphatic carbocycles. The molecule has 0 atom stereocenters. The predicted molar refractivity (Wildman–Crippen MR) is 115 cm³/mol. The summed E-state index contributed by atoms with van der Waals surface area (Å²) in [4.78, 5) is 12.5. The van der Waals surface area contributed by atoms with E-state index in [2.05, 4.69) is 21.2 Å². The van der Waals surface area contributed by atoms with Crippen LogP contribution in [0.15, 0.2) is 82.2 Å². The summed E-state index contributed by atoms with van der Waals surface area (Å²) < 4.78 is 41.4. The van der Waals surface area contributed by atoms with E-state index in [1.807, 2.05) is 13.0 Å². The third-order valence-corrected chi connectivity index (χ3v) is 6.40. The Morgan fingerprint density at radius 2 is 1.69 bits per heavy atom. The highest BCUT2D eigenvalue weighted by atomic mass is 79.9. The molecular weight excluding hydrogens is 459 g/mol. The maximum atomic E-state index is 13.3. The number of anilines is 2. The molecule has 150 valence electrons. The zero-order chi connectivity index (χ0) is 21.0. The van der Waals surface area contributed by atoms with Crippen LogP contribution in [-0.2, 0) is 14.8 Å². The highest BCUT2D eigenvalue weighted by Crippen LogP contribution is 2.24. The van der Waals surface area contributed by atoms with Gasteiger partial charge in [-0.05, 0) is 61.5 Å². The average molecular weight is 477 g/mol. The summed E-state index contributed by atoms with van der Waals surface area (Å²) >= 11 is 3.33. The van der Waals surface area contributed by atoms with Crippen molar-refractivity contribution in [1.29, 1.82) is 0 Å². The van der Waals surface area contributed by atoms with Gasteiger partial charge in [0.25, 0.3) is 10.0 Å². The lowest BCUT2D eigenvalue weighted by Crippen LogP contribution is -2.38. The third kappa shape index (κ3) is 5.21. The molecule has 0 radical (unpaired) electrons. The van der Waals surface area contributed by atoms with Crippen molar-refractivity contribution in [3.63, 3.8) is 0 Å². The molecule has 0 saturated heterocycles. The van der Waals surface area contributed by atoms with Crippen LogP contribution >= 0.6 is 15.9 Å². The van der Waals surface area contributed by atoms with Gasteiger partial charge in [0.2, 0.25) is 5.91 Å². The molecule has 0 aliphatic rings. The van der Waals surface area contributed by atoms with Crippen LogP contribution in [0.3, 0.4) is 0 Å². The molecule has 3 rings (SSSR count). The van der Waals surface area contributed by atoms with Crippen molar-refractivity contribution in [3.05, 3.63) is 88.6 Å². The number of rotatable bonds is 6. The first-order valence-corrected chi connectivity index (χ1v) is 10.9. The number of hydrogen-bond donors (Lipinski definition) is 1. The minimum absolute atomic E-state index is 0.102. The van der Waals surface area contributed by atoms with Crippen molar-refractivity contribution in [2.24, 2.45) is 0 Å². The van der Waals surface area contributed by atoms with Crippen molar-refractivity contribution in [2.75, 3.05) is 16.2 Å². The fourth-order valence-corrected chi connectivity index (χ4v) is 4.48. The highest BCUT2D eigenvalue weighted by molar-refractivity contribution is 9.10. The lowest BCUT2D eigenvalue weighted by Gasteiger charge is -2.24. The van der Waals surface area contributed by atoms with Gasteiger partial charge in [0.1, 0.15) is 12.4 Å². The van der Waals surface area contributed by atoms with Gasteiger partial charge in [-0.25, -0.2) is 12.8 Å². The van der Waals surface area contributed by atoms with E-state index in [0.717, 1.165) is 26.5 Å². The molecule has 3 aromatic rings. The van der Waals surface area contributed by atoms with E-state index in [-0.39, 0.29) is 4.90 Å². The second-order valence-electron chi connectivity index (χ2n) is 6.36. The number of amides is 1. The van der Waals surface area contributed by atoms with Crippen molar-refractivity contribution in [3.8, 4) is 0 Å². The molecule has 3 aromatic carbocycles. The van der Waals surface area contributed by atoms with Crippen LogP contribution in [0.25, 0.3) is 0 Å². The number of carbonyl (C=O) groups is 1. The second kappa shape index (κ2) is 8.75. The quantitative estimate of drug-likeness (QED) is 0.558. The Kier molecular flexibility index (Phi) is 6.34. The number of benzene rings is 3. The molecular formula is C21H18BrFN2O3S. The van der Waals surface area contributed by atoms with Crippen LogP contribution in [0.4, 0.5) is 15.8 Å². The lowest BCUT2D eigenvalue weighted by molar-refractivity contribution is -0.114. The van der Waals surface area contributed by atoms with Gasteiger partial charge >= 0.3 is 0 Å². The molecule has 0 aliphatic heterocycles. The summed E-state index contributed by atoms with van der Waals surface area (Å²) in [5.74, 6) is -1.05. The smallest absolute Gasteiger partial charge is 0.264 e. The minimum atomic E-state index is -4.08. The fourth-order valence-electron chi connectivity index (χ4n) is 2.66. The molecule has 0 fully saturated rings. The van der Waals surface area contributed by atoms with Crippen molar-refractivity contribution < 1.29 is 17.6 Å². The summed E-state index contributed by atoms with van der Waals surface area (Å²) in [6.45, 7) is 1.44. The van der Waals surface area contributed by atoms with Crippen LogP contribution < -0.4 is 9.62 Å². The lowest BCUT2D eigenvalue weighted by atomic mass is 10.2. The first-order valence-electron chi connectivity index (χ1n) is 8.66. The Hall–Kier alpha value is -2.71. The monoisotopic (exact) mass is 476 g/mol. The zero-order valence-corrected chi connectivity index (χ0v) is 17.9. The molecule has 0 bridgehead atoms. The number of carbonyl (C=O) groups excluding carboxylic acids is 1. The second-order valence-corrected chi connectivity index (χ2v) is 9.14. The number of sulfonamides is 1. The van der Waals surface area contributed by atoms with Crippen molar-refractivity contribution in [1.82, 2.24) is 0 Å². The minimum Gasteiger partial charge on any atom is -0.324 e. The Morgan fingerprint density at radius 3 is 2.31 bits per heavy atom. The van der Waals surface area contributed by atoms with Crippen LogP contribution in [0.2, 0.25) is 0 Å². The average Bonchev–Trinajstić information content (AvgIpc) is 2.67. The molecule has 0 heterocycles. The van der Waals surface area contributed by atoms with E-state index in [4.69, 9.17) is 0 Å². The Labute approximate surface area is 177 Å². The molecule has 5 nitrogen and oxygen atoms in total. The summed E-state index contributed by atoms with van der Waals surface area (Å²) in [6.07, 6.45) is 0. The van der Waals surface area contributed by atoms with Crippen LogP contribution in [0, 0.1) is 12.7 Å². The van der Waals surface area contributed by atoms with Gasteiger partial charge in [-0.3, -0.25) is 9.10 Å². The molecule has 8 heteroatoms. The van der Waals surface area contributed by atoms with E-state index in [1.165, 1.54) is 12.1 Å². The van der Waals surface area contributed by atoms with Crippen molar-refractivity contribution >= 4 is 43.2 Å². The van der Waals surface area contributed by atoms with Gasteiger partial charge in [-0.1, -0.05) is 39.7 Å². The van der Waals surface area contributed by atoms with Crippen molar-refractivity contribution in [2.45, 2.75) is 11.8 Å². The van der Waals surface area contributed by atoms with Crippen LogP contribution in [-0.4, -0.2) is 20.9 Å². The third-order valence-electron chi connectivity index (χ3n) is 4.12. The van der Waals surface area contributed by atoms with Gasteiger partial charge in [0.05, 0.1) is 10.6 Å². The van der Waals surface area contributed by atoms with Gasteiger partial charge < -0.3 is 5.32 Å². The number of hydrogen-bond acceptors (Lipinski definition) is 3. The van der Waals surface area contributed by atoms with Crippen LogP contribution in [0.1, 0.15) is 5.56 Å². The van der Waals surface area contributed by atoms with E-state index < -0.39 is 28.3 Å². The van der Waals surface area contributed by atoms with E-state index >= 15 is 0 Å². The molecule has 0 aromatic heterocycles. The standard InChI is InChI=1S/C21H18BrFN2O3S/c1-15-5-9-19(10-6-15)25(29(27,28)20-11-7-17(23)8-12-20)14-21(26)24-18-4-2-3-16(22)13-18/h2-13H,14H2,1H3,(H,24,26). The van der Waals surface area contributed by atoms with Gasteiger partial charge in [0, 0.05) is 10.2 Å². The molecule has 29 heavy (non-hydrogen) atoms. The summed E-state index contributed by atoms with van der Waals surface area (Å²) in [5.41, 5.74) is 1.82. The van der Waals surface area contributed by atoms with Crippen LogP contribution in [0.5, 0.6) is 0 Å². The zero-order valence-electron chi connectivity index (χ0n) is 15.5. The van der Waals surface area contributed by atoms with E-state index in [1.54, 1.807) is 42.5 Å². The fraction of sp³-hybridized carbons (Fsp3) is 0.0952. The molecule has 1 N–H and O–H groups in total. The number of aryl methyl sites for hydroxylation is 1. The summed E-state index contributed by atoms with van der Waals surface area (Å²) in [7, 11) is -4.08. The molecule has 0 unspecified atom stereocenters. The van der Waals surface area contributed by atoms with Gasteiger partial charge in [-0.15, -0.1) is 0 Å². The first-order chi connectivity index (χ1) is 13.8. The Bertz CT molecular complexity index is 1120. The molecule has 1 amide bonds. The number of nitrogens with one attached hydrogen (secondary N) is 1. The highest BCUT2D eigenvalue weighted by Gasteiger charge is 2.27. The largest absolute Gasteiger partial charge is 0.324 e. The Balaban J connectivity index is 1.93. The summed E-state index contributed by atoms with van der Waals surface area (Å²) in [6, 6.07) is 18.3. The SMILES string of the molecule is Cc1ccc(N(CC(=O)Nc2cccc(Br)c2)S(=O)(=O)c2ccc(F)cc2)cc1. The summed E-state index contributed by atoms with van der Waals surface area (Å²) in [5, 5.41) is 2.69. The maximum absolute atomic E-state index is 13.3. The number of halogens is 2. The van der Waals surface area contributed by atoms with E-state index in [0.29, 0.717) is 11.4 Å². The normalized spacial score (nSPS) is 11.1. The predicted octanol–water partition coefficient (Wildman–Crippen LogP) is 4.73. The van der Waals surface area contributed by atoms with Gasteiger partial charge in [0.15, 0.2) is 0 Å². The first kappa shape index (κ1) is 21.0. The number of nitrogens with zero attached hydrogens (tertiary/aromatic N) is 1. The molecule has 0 saturated carbocycles.